The molecule has 2 aliphatic heterocycles. The number of likely N-dealkylation sites (tertiary alicyclic amines) is 1. The van der Waals surface area contributed by atoms with E-state index in [4.69, 9.17) is 5.11 Å². The van der Waals surface area contributed by atoms with Crippen molar-refractivity contribution in [3.8, 4) is 0 Å². The maximum Gasteiger partial charge on any atom is 0.307 e. The number of carbonyl (C=O) groups is 1. The average molecular weight is 201 g/mol. The first kappa shape index (κ1) is 9.34. The summed E-state index contributed by atoms with van der Waals surface area (Å²) in [6, 6.07) is 0.661. The van der Waals surface area contributed by atoms with Gasteiger partial charge >= 0.3 is 5.97 Å². The molecule has 0 aromatic carbocycles. The first-order chi connectivity index (χ1) is 6.27. The zero-order chi connectivity index (χ0) is 9.26. The smallest absolute Gasteiger partial charge is 0.307 e. The van der Waals surface area contributed by atoms with Crippen molar-refractivity contribution in [2.75, 3.05) is 24.6 Å². The number of carboxylic acid groups (broad SMARTS) is 1. The lowest BCUT2D eigenvalue weighted by Crippen LogP contribution is -2.33. The number of hydrogen-bond donors (Lipinski definition) is 1. The molecular formula is C9H15NO2S. The lowest BCUT2D eigenvalue weighted by molar-refractivity contribution is -0.141. The summed E-state index contributed by atoms with van der Waals surface area (Å²) in [5.41, 5.74) is 0. The van der Waals surface area contributed by atoms with E-state index < -0.39 is 5.97 Å². The first-order valence-corrected chi connectivity index (χ1v) is 5.97. The van der Waals surface area contributed by atoms with Gasteiger partial charge in [0.1, 0.15) is 0 Å². The molecule has 0 saturated carbocycles. The van der Waals surface area contributed by atoms with Crippen molar-refractivity contribution in [2.45, 2.75) is 18.9 Å². The molecule has 0 aromatic heterocycles. The van der Waals surface area contributed by atoms with Crippen LogP contribution in [-0.4, -0.2) is 46.6 Å². The average Bonchev–Trinajstić information content (AvgIpc) is 2.75. The molecule has 2 rings (SSSR count). The normalized spacial score (nSPS) is 35.4. The third-order valence-corrected chi connectivity index (χ3v) is 4.14. The van der Waals surface area contributed by atoms with Gasteiger partial charge in [-0.2, -0.15) is 11.8 Å². The van der Waals surface area contributed by atoms with E-state index in [2.05, 4.69) is 4.90 Å². The lowest BCUT2D eigenvalue weighted by Gasteiger charge is -2.22. The molecule has 2 atom stereocenters. The van der Waals surface area contributed by atoms with Gasteiger partial charge in [0.05, 0.1) is 5.92 Å². The van der Waals surface area contributed by atoms with Gasteiger partial charge in [-0.05, 0) is 25.1 Å². The first-order valence-electron chi connectivity index (χ1n) is 4.82. The maximum atomic E-state index is 10.7. The van der Waals surface area contributed by atoms with Crippen molar-refractivity contribution >= 4 is 17.7 Å². The summed E-state index contributed by atoms with van der Waals surface area (Å²) in [5.74, 6) is 1.73. The lowest BCUT2D eigenvalue weighted by atomic mass is 10.1. The highest BCUT2D eigenvalue weighted by molar-refractivity contribution is 7.99. The molecule has 0 radical (unpaired) electrons. The van der Waals surface area contributed by atoms with E-state index in [0.29, 0.717) is 6.04 Å². The fourth-order valence-electron chi connectivity index (χ4n) is 2.13. The van der Waals surface area contributed by atoms with Crippen molar-refractivity contribution in [3.05, 3.63) is 0 Å². The second kappa shape index (κ2) is 3.88. The van der Waals surface area contributed by atoms with Crippen LogP contribution in [0.25, 0.3) is 0 Å². The summed E-state index contributed by atoms with van der Waals surface area (Å²) in [4.78, 5) is 13.1. The fourth-order valence-corrected chi connectivity index (χ4v) is 3.39. The van der Waals surface area contributed by atoms with E-state index in [1.807, 2.05) is 11.8 Å². The SMILES string of the molecule is O=C(O)[C@@H]1CCN([C@H]2CCSC2)C1. The predicted molar refractivity (Wildman–Crippen MR) is 53.0 cm³/mol. The molecule has 2 heterocycles. The highest BCUT2D eigenvalue weighted by Gasteiger charge is 2.33. The third kappa shape index (κ3) is 1.99. The molecule has 3 nitrogen and oxygen atoms in total. The molecule has 2 fully saturated rings. The van der Waals surface area contributed by atoms with E-state index in [1.54, 1.807) is 0 Å². The van der Waals surface area contributed by atoms with E-state index in [0.717, 1.165) is 19.5 Å². The molecule has 0 spiro atoms. The maximum absolute atomic E-state index is 10.7. The topological polar surface area (TPSA) is 40.5 Å². The Balaban J connectivity index is 1.86. The van der Waals surface area contributed by atoms with Crippen molar-refractivity contribution in [3.63, 3.8) is 0 Å². The second-order valence-corrected chi connectivity index (χ2v) is 4.99. The second-order valence-electron chi connectivity index (χ2n) is 3.84. The summed E-state index contributed by atoms with van der Waals surface area (Å²) in [6.07, 6.45) is 2.09. The summed E-state index contributed by atoms with van der Waals surface area (Å²) in [6.45, 7) is 1.77. The van der Waals surface area contributed by atoms with Crippen LogP contribution in [0.5, 0.6) is 0 Å². The number of hydrogen-bond acceptors (Lipinski definition) is 3. The van der Waals surface area contributed by atoms with Gasteiger partial charge in [-0.25, -0.2) is 0 Å². The van der Waals surface area contributed by atoms with Gasteiger partial charge in [0, 0.05) is 18.3 Å². The number of carboxylic acids is 1. The minimum atomic E-state index is -0.617. The van der Waals surface area contributed by atoms with Crippen LogP contribution >= 0.6 is 11.8 Å². The number of nitrogens with zero attached hydrogens (tertiary/aromatic N) is 1. The molecule has 0 amide bonds. The fraction of sp³-hybridized carbons (Fsp3) is 0.889. The van der Waals surface area contributed by atoms with Crippen LogP contribution < -0.4 is 0 Å². The highest BCUT2D eigenvalue weighted by Crippen LogP contribution is 2.27. The molecule has 0 bridgehead atoms. The minimum Gasteiger partial charge on any atom is -0.481 e. The van der Waals surface area contributed by atoms with Crippen molar-refractivity contribution < 1.29 is 9.90 Å². The van der Waals surface area contributed by atoms with Crippen LogP contribution in [0.4, 0.5) is 0 Å². The van der Waals surface area contributed by atoms with Gasteiger partial charge in [-0.3, -0.25) is 9.69 Å². The van der Waals surface area contributed by atoms with Gasteiger partial charge in [0.15, 0.2) is 0 Å². The zero-order valence-corrected chi connectivity index (χ0v) is 8.42. The molecule has 13 heavy (non-hydrogen) atoms. The van der Waals surface area contributed by atoms with Gasteiger partial charge in [0.2, 0.25) is 0 Å². The van der Waals surface area contributed by atoms with Crippen LogP contribution in [0, 0.1) is 5.92 Å². The van der Waals surface area contributed by atoms with Crippen LogP contribution in [0.15, 0.2) is 0 Å². The zero-order valence-electron chi connectivity index (χ0n) is 7.61. The third-order valence-electron chi connectivity index (χ3n) is 2.99. The van der Waals surface area contributed by atoms with Gasteiger partial charge in [-0.1, -0.05) is 0 Å². The van der Waals surface area contributed by atoms with Crippen molar-refractivity contribution in [2.24, 2.45) is 5.92 Å². The van der Waals surface area contributed by atoms with Crippen molar-refractivity contribution in [1.29, 1.82) is 0 Å². The monoisotopic (exact) mass is 201 g/mol. The standard InChI is InChI=1S/C9H15NO2S/c11-9(12)7-1-3-10(5-7)8-2-4-13-6-8/h7-8H,1-6H2,(H,11,12)/t7-,8+/m1/s1. The van der Waals surface area contributed by atoms with Crippen LogP contribution in [0.2, 0.25) is 0 Å². The van der Waals surface area contributed by atoms with E-state index in [1.165, 1.54) is 17.9 Å². The van der Waals surface area contributed by atoms with Gasteiger partial charge < -0.3 is 5.11 Å². The summed E-state index contributed by atoms with van der Waals surface area (Å²) >= 11 is 1.99. The van der Waals surface area contributed by atoms with E-state index >= 15 is 0 Å². The summed E-state index contributed by atoms with van der Waals surface area (Å²) < 4.78 is 0. The van der Waals surface area contributed by atoms with Gasteiger partial charge in [0.25, 0.3) is 0 Å². The van der Waals surface area contributed by atoms with Crippen LogP contribution in [-0.2, 0) is 4.79 Å². The molecule has 2 aliphatic rings. The van der Waals surface area contributed by atoms with E-state index in [-0.39, 0.29) is 5.92 Å². The summed E-state index contributed by atoms with van der Waals surface area (Å²) in [7, 11) is 0. The molecule has 0 unspecified atom stereocenters. The largest absolute Gasteiger partial charge is 0.481 e. The quantitative estimate of drug-likeness (QED) is 0.720. The Labute approximate surface area is 82.5 Å². The van der Waals surface area contributed by atoms with Crippen LogP contribution in [0.3, 0.4) is 0 Å². The van der Waals surface area contributed by atoms with Crippen molar-refractivity contribution in [1.82, 2.24) is 4.90 Å². The van der Waals surface area contributed by atoms with Gasteiger partial charge in [-0.15, -0.1) is 0 Å². The Morgan fingerprint density at radius 1 is 1.46 bits per heavy atom. The Morgan fingerprint density at radius 2 is 2.31 bits per heavy atom. The Hall–Kier alpha value is -0.220. The minimum absolute atomic E-state index is 0.106. The highest BCUT2D eigenvalue weighted by atomic mass is 32.2. The van der Waals surface area contributed by atoms with E-state index in [9.17, 15) is 4.79 Å². The number of thioether (sulfide) groups is 1. The molecular weight excluding hydrogens is 186 g/mol. The number of aliphatic carboxylic acids is 1. The Kier molecular flexibility index (Phi) is 2.79. The number of rotatable bonds is 2. The molecule has 0 aromatic rings. The molecule has 74 valence electrons. The van der Waals surface area contributed by atoms with Crippen LogP contribution in [0.1, 0.15) is 12.8 Å². The molecule has 0 aliphatic carbocycles. The Morgan fingerprint density at radius 3 is 2.85 bits per heavy atom. The Bertz CT molecular complexity index is 204. The molecule has 2 saturated heterocycles. The molecule has 4 heteroatoms. The summed E-state index contributed by atoms with van der Waals surface area (Å²) in [5, 5.41) is 8.84. The predicted octanol–water partition coefficient (Wildman–Crippen LogP) is 0.898. The molecule has 1 N–H and O–H groups in total.